The van der Waals surface area contributed by atoms with Gasteiger partial charge in [0.1, 0.15) is 17.2 Å². The van der Waals surface area contributed by atoms with E-state index in [9.17, 15) is 28.3 Å². The molecule has 2 aliphatic carbocycles. The van der Waals surface area contributed by atoms with Crippen molar-refractivity contribution in [3.63, 3.8) is 0 Å². The van der Waals surface area contributed by atoms with E-state index in [1.807, 2.05) is 0 Å². The summed E-state index contributed by atoms with van der Waals surface area (Å²) in [5, 5.41) is 12.9. The van der Waals surface area contributed by atoms with Crippen LogP contribution in [0.5, 0.6) is 5.75 Å². The number of nitrogens with one attached hydrogen (secondary N) is 1. The maximum atomic E-state index is 13.8. The summed E-state index contributed by atoms with van der Waals surface area (Å²) in [6.07, 6.45) is 2.62. The number of pyridine rings is 1. The van der Waals surface area contributed by atoms with Gasteiger partial charge in [-0.1, -0.05) is 6.07 Å². The molecule has 8 nitrogen and oxygen atoms in total. The molecule has 166 valence electrons. The molecule has 0 radical (unpaired) electrons. The second-order valence-corrected chi connectivity index (χ2v) is 8.85. The van der Waals surface area contributed by atoms with Crippen LogP contribution in [0.1, 0.15) is 39.3 Å². The quantitative estimate of drug-likeness (QED) is 0.746. The molecule has 2 amide bonds. The third-order valence-electron chi connectivity index (χ3n) is 7.08. The molecule has 0 unspecified atom stereocenters. The number of carbonyl (C=O) groups is 2. The Morgan fingerprint density at radius 2 is 2.03 bits per heavy atom. The van der Waals surface area contributed by atoms with E-state index in [1.54, 1.807) is 4.90 Å². The van der Waals surface area contributed by atoms with E-state index >= 15 is 0 Å². The first kappa shape index (κ1) is 19.4. The minimum atomic E-state index is -0.980. The van der Waals surface area contributed by atoms with Crippen molar-refractivity contribution in [3.8, 4) is 5.75 Å². The van der Waals surface area contributed by atoms with Crippen LogP contribution in [0.25, 0.3) is 0 Å². The van der Waals surface area contributed by atoms with Crippen molar-refractivity contribution in [1.29, 1.82) is 0 Å². The van der Waals surface area contributed by atoms with Crippen molar-refractivity contribution in [3.05, 3.63) is 63.1 Å². The van der Waals surface area contributed by atoms with Crippen LogP contribution in [0.2, 0.25) is 0 Å². The smallest absolute Gasteiger partial charge is 0.276 e. The van der Waals surface area contributed by atoms with Gasteiger partial charge in [0, 0.05) is 30.4 Å². The van der Waals surface area contributed by atoms with Crippen LogP contribution in [0.15, 0.2) is 29.2 Å². The fraction of sp³-hybridized carbons (Fsp3) is 0.409. The van der Waals surface area contributed by atoms with Gasteiger partial charge in [-0.25, -0.2) is 8.78 Å². The molecule has 1 aromatic carbocycles. The summed E-state index contributed by atoms with van der Waals surface area (Å²) in [7, 11) is 0. The van der Waals surface area contributed by atoms with E-state index in [0.29, 0.717) is 17.9 Å². The molecule has 6 rings (SSSR count). The number of aromatic nitrogens is 1. The van der Waals surface area contributed by atoms with Gasteiger partial charge >= 0.3 is 0 Å². The largest absolute Gasteiger partial charge is 0.503 e. The molecule has 2 bridgehead atoms. The van der Waals surface area contributed by atoms with Crippen LogP contribution < -0.4 is 10.7 Å². The number of amides is 2. The Labute approximate surface area is 180 Å². The lowest BCUT2D eigenvalue weighted by Gasteiger charge is -2.45. The van der Waals surface area contributed by atoms with Crippen molar-refractivity contribution >= 4 is 11.8 Å². The summed E-state index contributed by atoms with van der Waals surface area (Å²) in [6.45, 7) is -0.0916. The second kappa shape index (κ2) is 6.61. The summed E-state index contributed by atoms with van der Waals surface area (Å²) >= 11 is 0. The molecule has 2 saturated carbocycles. The molecule has 2 aromatic rings. The minimum absolute atomic E-state index is 0.0394. The van der Waals surface area contributed by atoms with Crippen LogP contribution >= 0.6 is 0 Å². The Bertz CT molecular complexity index is 1240. The molecule has 4 aliphatic rings. The van der Waals surface area contributed by atoms with Gasteiger partial charge in [0.05, 0.1) is 12.6 Å². The highest BCUT2D eigenvalue weighted by molar-refractivity contribution is 5.99. The standard InChI is InChI=1S/C22H19F2N3O5/c23-10-2-1-9(14(24)3-10)6-25-21(30)13-7-26-8-17-27(22(31)18(26)20(29)19(13)28)15-5-16(32-17)12-4-11(12)15/h1-3,7,11-12,15-17,29H,4-6,8H2,(H,25,30)/t11-,12+,15-,16+,17-/m0/s1. The number of hydrogen-bond donors (Lipinski definition) is 2. The molecule has 1 aromatic heterocycles. The summed E-state index contributed by atoms with van der Waals surface area (Å²) in [6, 6.07) is 2.99. The molecular formula is C22H19F2N3O5. The normalized spacial score (nSPS) is 29.2. The zero-order valence-corrected chi connectivity index (χ0v) is 16.8. The highest BCUT2D eigenvalue weighted by atomic mass is 19.1. The first-order valence-electron chi connectivity index (χ1n) is 10.5. The third kappa shape index (κ3) is 2.72. The monoisotopic (exact) mass is 443 g/mol. The Hall–Kier alpha value is -3.27. The summed E-state index contributed by atoms with van der Waals surface area (Å²) in [5.41, 5.74) is -1.47. The molecule has 1 saturated heterocycles. The zero-order chi connectivity index (χ0) is 22.3. The SMILES string of the molecule is O=C(NCc1ccc(F)cc1F)c1cn2c(c(O)c1=O)C(=O)N1[C@H](C2)O[C@@H]2C[C@H]1[C@H]1C[C@H]12. The lowest BCUT2D eigenvalue weighted by molar-refractivity contribution is -0.144. The topological polar surface area (TPSA) is 101 Å². The predicted octanol–water partition coefficient (Wildman–Crippen LogP) is 1.35. The van der Waals surface area contributed by atoms with Crippen LogP contribution in [-0.4, -0.2) is 44.8 Å². The third-order valence-corrected chi connectivity index (χ3v) is 7.08. The Morgan fingerprint density at radius 3 is 2.81 bits per heavy atom. The van der Waals surface area contributed by atoms with Crippen molar-refractivity contribution in [2.45, 2.75) is 44.3 Å². The van der Waals surface area contributed by atoms with Crippen molar-refractivity contribution in [1.82, 2.24) is 14.8 Å². The zero-order valence-electron chi connectivity index (χ0n) is 16.8. The second-order valence-electron chi connectivity index (χ2n) is 8.85. The highest BCUT2D eigenvalue weighted by Crippen LogP contribution is 2.58. The average Bonchev–Trinajstić information content (AvgIpc) is 3.50. The highest BCUT2D eigenvalue weighted by Gasteiger charge is 2.63. The van der Waals surface area contributed by atoms with Gasteiger partial charge in [-0.05, 0) is 30.7 Å². The molecule has 32 heavy (non-hydrogen) atoms. The van der Waals surface area contributed by atoms with E-state index in [1.165, 1.54) is 16.8 Å². The van der Waals surface area contributed by atoms with E-state index in [-0.39, 0.29) is 42.1 Å². The number of ether oxygens (including phenoxy) is 1. The van der Waals surface area contributed by atoms with Crippen molar-refractivity contribution < 1.29 is 28.2 Å². The van der Waals surface area contributed by atoms with E-state index in [0.717, 1.165) is 18.9 Å². The molecule has 3 heterocycles. The molecule has 10 heteroatoms. The van der Waals surface area contributed by atoms with Gasteiger partial charge < -0.3 is 24.6 Å². The van der Waals surface area contributed by atoms with Gasteiger partial charge in [-0.3, -0.25) is 14.4 Å². The van der Waals surface area contributed by atoms with Gasteiger partial charge in [0.2, 0.25) is 5.43 Å². The van der Waals surface area contributed by atoms with Gasteiger partial charge in [0.25, 0.3) is 11.8 Å². The first-order valence-corrected chi connectivity index (χ1v) is 10.5. The van der Waals surface area contributed by atoms with Crippen LogP contribution in [0.3, 0.4) is 0 Å². The maximum Gasteiger partial charge on any atom is 0.276 e. The number of nitrogens with zero attached hydrogens (tertiary/aromatic N) is 2. The Morgan fingerprint density at radius 1 is 1.22 bits per heavy atom. The maximum absolute atomic E-state index is 13.8. The predicted molar refractivity (Wildman–Crippen MR) is 105 cm³/mol. The van der Waals surface area contributed by atoms with Crippen LogP contribution in [0, 0.1) is 23.5 Å². The van der Waals surface area contributed by atoms with Crippen LogP contribution in [0.4, 0.5) is 8.78 Å². The summed E-state index contributed by atoms with van der Waals surface area (Å²) < 4.78 is 34.4. The number of benzene rings is 1. The lowest BCUT2D eigenvalue weighted by Crippen LogP contribution is -2.58. The number of halogens is 2. The molecule has 0 spiro atoms. The molecular weight excluding hydrogens is 424 g/mol. The van der Waals surface area contributed by atoms with Gasteiger partial charge in [-0.15, -0.1) is 0 Å². The lowest BCUT2D eigenvalue weighted by atomic mass is 10.0. The minimum Gasteiger partial charge on any atom is -0.503 e. The van der Waals surface area contributed by atoms with E-state index in [4.69, 9.17) is 4.74 Å². The van der Waals surface area contributed by atoms with E-state index < -0.39 is 40.9 Å². The molecule has 5 atom stereocenters. The first-order chi connectivity index (χ1) is 15.3. The number of aromatic hydroxyl groups is 1. The summed E-state index contributed by atoms with van der Waals surface area (Å²) in [4.78, 5) is 40.1. The fourth-order valence-electron chi connectivity index (χ4n) is 5.47. The Kier molecular flexibility index (Phi) is 4.01. The van der Waals surface area contributed by atoms with E-state index in [2.05, 4.69) is 5.32 Å². The van der Waals surface area contributed by atoms with Crippen molar-refractivity contribution in [2.75, 3.05) is 0 Å². The van der Waals surface area contributed by atoms with Crippen LogP contribution in [-0.2, 0) is 17.8 Å². The fourth-order valence-corrected chi connectivity index (χ4v) is 5.47. The van der Waals surface area contributed by atoms with Gasteiger partial charge in [-0.2, -0.15) is 0 Å². The Balaban J connectivity index is 1.29. The molecule has 2 aliphatic heterocycles. The number of hydrogen-bond acceptors (Lipinski definition) is 5. The number of rotatable bonds is 3. The van der Waals surface area contributed by atoms with Gasteiger partial charge in [0.15, 0.2) is 17.7 Å². The molecule has 3 fully saturated rings. The summed E-state index contributed by atoms with van der Waals surface area (Å²) in [5.74, 6) is -2.82. The van der Waals surface area contributed by atoms with Crippen molar-refractivity contribution in [2.24, 2.45) is 11.8 Å². The molecule has 2 N–H and O–H groups in total. The number of carbonyl (C=O) groups excluding carboxylic acids is 2. The number of fused-ring (bicyclic) bond motifs is 8. The average molecular weight is 443 g/mol.